The first kappa shape index (κ1) is 11.7. The van der Waals surface area contributed by atoms with Crippen molar-refractivity contribution in [1.82, 2.24) is 0 Å². The van der Waals surface area contributed by atoms with Crippen molar-refractivity contribution in [2.75, 3.05) is 0 Å². The normalized spacial score (nSPS) is 21.6. The molecule has 18 heavy (non-hydrogen) atoms. The van der Waals surface area contributed by atoms with Crippen LogP contribution in [0.25, 0.3) is 0 Å². The van der Waals surface area contributed by atoms with Crippen LogP contribution in [0.4, 0.5) is 0 Å². The quantitative estimate of drug-likeness (QED) is 0.748. The summed E-state index contributed by atoms with van der Waals surface area (Å²) in [5.41, 5.74) is 2.62. The van der Waals surface area contributed by atoms with Crippen LogP contribution in [0.1, 0.15) is 23.3 Å². The minimum atomic E-state index is 0.634. The molecule has 2 heteroatoms. The SMILES string of the molecule is CC1SC1c1ccc(OCc2ccccc2)cc1. The molecule has 0 radical (unpaired) electrons. The Bertz CT molecular complexity index is 506. The van der Waals surface area contributed by atoms with Crippen LogP contribution in [0.2, 0.25) is 0 Å². The standard InChI is InChI=1S/C16H16OS/c1-12-16(18-12)14-7-9-15(10-8-14)17-11-13-5-3-2-4-6-13/h2-10,12,16H,11H2,1H3. The molecule has 1 nitrogen and oxygen atoms in total. The summed E-state index contributed by atoms with van der Waals surface area (Å²) in [6.07, 6.45) is 0. The fraction of sp³-hybridized carbons (Fsp3) is 0.250. The summed E-state index contributed by atoms with van der Waals surface area (Å²) in [7, 11) is 0. The van der Waals surface area contributed by atoms with Crippen LogP contribution in [0.15, 0.2) is 54.6 Å². The first-order valence-corrected chi connectivity index (χ1v) is 7.19. The van der Waals surface area contributed by atoms with Crippen molar-refractivity contribution >= 4 is 11.8 Å². The Morgan fingerprint density at radius 2 is 1.67 bits per heavy atom. The number of ether oxygens (including phenoxy) is 1. The molecule has 0 N–H and O–H groups in total. The Morgan fingerprint density at radius 3 is 2.28 bits per heavy atom. The third-order valence-corrected chi connectivity index (χ3v) is 4.53. The highest BCUT2D eigenvalue weighted by atomic mass is 32.2. The first-order chi connectivity index (χ1) is 8.83. The van der Waals surface area contributed by atoms with Crippen molar-refractivity contribution < 1.29 is 4.74 Å². The number of rotatable bonds is 4. The van der Waals surface area contributed by atoms with E-state index >= 15 is 0 Å². The Hall–Kier alpha value is -1.41. The summed E-state index contributed by atoms with van der Waals surface area (Å²) in [4.78, 5) is 0. The van der Waals surface area contributed by atoms with E-state index in [0.29, 0.717) is 11.9 Å². The summed E-state index contributed by atoms with van der Waals surface area (Å²) in [5.74, 6) is 0.945. The molecule has 1 fully saturated rings. The van der Waals surface area contributed by atoms with E-state index in [1.54, 1.807) is 0 Å². The maximum atomic E-state index is 5.77. The maximum absolute atomic E-state index is 5.77. The zero-order valence-corrected chi connectivity index (χ0v) is 11.2. The number of hydrogen-bond acceptors (Lipinski definition) is 2. The monoisotopic (exact) mass is 256 g/mol. The average Bonchev–Trinajstić information content (AvgIpc) is 3.15. The van der Waals surface area contributed by atoms with Crippen LogP contribution in [0.5, 0.6) is 5.75 Å². The van der Waals surface area contributed by atoms with Crippen molar-refractivity contribution in [3.8, 4) is 5.75 Å². The molecular weight excluding hydrogens is 240 g/mol. The molecule has 0 bridgehead atoms. The summed E-state index contributed by atoms with van der Waals surface area (Å²) in [6.45, 7) is 2.91. The molecule has 1 aliphatic rings. The second-order valence-electron chi connectivity index (χ2n) is 4.61. The van der Waals surface area contributed by atoms with Gasteiger partial charge >= 0.3 is 0 Å². The Morgan fingerprint density at radius 1 is 1.00 bits per heavy atom. The predicted molar refractivity (Wildman–Crippen MR) is 77.0 cm³/mol. The Labute approximate surface area is 112 Å². The van der Waals surface area contributed by atoms with Gasteiger partial charge in [-0.15, -0.1) is 11.8 Å². The number of benzene rings is 2. The minimum Gasteiger partial charge on any atom is -0.489 e. The summed E-state index contributed by atoms with van der Waals surface area (Å²) < 4.78 is 5.77. The summed E-state index contributed by atoms with van der Waals surface area (Å²) >= 11 is 2.02. The van der Waals surface area contributed by atoms with Crippen molar-refractivity contribution in [1.29, 1.82) is 0 Å². The van der Waals surface area contributed by atoms with E-state index in [-0.39, 0.29) is 0 Å². The molecule has 0 aromatic heterocycles. The largest absolute Gasteiger partial charge is 0.489 e. The molecule has 0 saturated carbocycles. The zero-order chi connectivity index (χ0) is 12.4. The van der Waals surface area contributed by atoms with E-state index < -0.39 is 0 Å². The smallest absolute Gasteiger partial charge is 0.119 e. The molecule has 0 amide bonds. The fourth-order valence-electron chi connectivity index (χ4n) is 2.03. The first-order valence-electron chi connectivity index (χ1n) is 6.25. The van der Waals surface area contributed by atoms with E-state index in [4.69, 9.17) is 4.74 Å². The second-order valence-corrected chi connectivity index (χ2v) is 6.13. The van der Waals surface area contributed by atoms with E-state index in [0.717, 1.165) is 11.0 Å². The Balaban J connectivity index is 1.60. The number of thioether (sulfide) groups is 1. The van der Waals surface area contributed by atoms with Crippen molar-refractivity contribution in [2.45, 2.75) is 24.0 Å². The van der Waals surface area contributed by atoms with E-state index in [2.05, 4.69) is 43.3 Å². The molecule has 1 aliphatic heterocycles. The zero-order valence-electron chi connectivity index (χ0n) is 10.4. The molecule has 3 rings (SSSR count). The van der Waals surface area contributed by atoms with Crippen LogP contribution in [-0.4, -0.2) is 5.25 Å². The van der Waals surface area contributed by atoms with Crippen LogP contribution in [0.3, 0.4) is 0 Å². The topological polar surface area (TPSA) is 9.23 Å². The molecule has 92 valence electrons. The third kappa shape index (κ3) is 2.70. The van der Waals surface area contributed by atoms with Crippen LogP contribution >= 0.6 is 11.8 Å². The third-order valence-electron chi connectivity index (χ3n) is 3.17. The minimum absolute atomic E-state index is 0.634. The lowest BCUT2D eigenvalue weighted by atomic mass is 10.1. The number of hydrogen-bond donors (Lipinski definition) is 0. The molecule has 2 aromatic carbocycles. The molecule has 0 aliphatic carbocycles. The maximum Gasteiger partial charge on any atom is 0.119 e. The van der Waals surface area contributed by atoms with Gasteiger partial charge in [0, 0.05) is 10.5 Å². The van der Waals surface area contributed by atoms with Gasteiger partial charge in [-0.05, 0) is 23.3 Å². The molecule has 0 spiro atoms. The van der Waals surface area contributed by atoms with Crippen LogP contribution in [0, 0.1) is 0 Å². The molecule has 2 unspecified atom stereocenters. The summed E-state index contributed by atoms with van der Waals surface area (Å²) in [6, 6.07) is 18.8. The Kier molecular flexibility index (Phi) is 3.28. The van der Waals surface area contributed by atoms with Gasteiger partial charge < -0.3 is 4.74 Å². The van der Waals surface area contributed by atoms with Gasteiger partial charge in [0.05, 0.1) is 0 Å². The highest BCUT2D eigenvalue weighted by Gasteiger charge is 2.34. The molecule has 2 atom stereocenters. The molecule has 2 aromatic rings. The van der Waals surface area contributed by atoms with Crippen LogP contribution < -0.4 is 4.74 Å². The van der Waals surface area contributed by atoms with Crippen LogP contribution in [-0.2, 0) is 6.61 Å². The van der Waals surface area contributed by atoms with Crippen molar-refractivity contribution in [3.05, 3.63) is 65.7 Å². The molecule has 1 saturated heterocycles. The van der Waals surface area contributed by atoms with E-state index in [1.807, 2.05) is 30.0 Å². The van der Waals surface area contributed by atoms with E-state index in [9.17, 15) is 0 Å². The average molecular weight is 256 g/mol. The molecular formula is C16H16OS. The van der Waals surface area contributed by atoms with Gasteiger partial charge in [-0.1, -0.05) is 49.4 Å². The lowest BCUT2D eigenvalue weighted by Gasteiger charge is -2.06. The summed E-state index contributed by atoms with van der Waals surface area (Å²) in [5, 5.41) is 1.48. The fourth-order valence-corrected chi connectivity index (χ4v) is 2.87. The molecule has 1 heterocycles. The van der Waals surface area contributed by atoms with Crippen molar-refractivity contribution in [3.63, 3.8) is 0 Å². The van der Waals surface area contributed by atoms with Gasteiger partial charge in [-0.3, -0.25) is 0 Å². The predicted octanol–water partition coefficient (Wildman–Crippen LogP) is 4.44. The van der Waals surface area contributed by atoms with E-state index in [1.165, 1.54) is 11.1 Å². The van der Waals surface area contributed by atoms with Gasteiger partial charge in [0.15, 0.2) is 0 Å². The van der Waals surface area contributed by atoms with Gasteiger partial charge in [0.2, 0.25) is 0 Å². The van der Waals surface area contributed by atoms with Gasteiger partial charge in [-0.2, -0.15) is 0 Å². The lowest BCUT2D eigenvalue weighted by molar-refractivity contribution is 0.306. The van der Waals surface area contributed by atoms with Gasteiger partial charge in [0.25, 0.3) is 0 Å². The highest BCUT2D eigenvalue weighted by Crippen LogP contribution is 2.54. The second kappa shape index (κ2) is 5.07. The van der Waals surface area contributed by atoms with Gasteiger partial charge in [-0.25, -0.2) is 0 Å². The highest BCUT2D eigenvalue weighted by molar-refractivity contribution is 8.07. The van der Waals surface area contributed by atoms with Gasteiger partial charge in [0.1, 0.15) is 12.4 Å². The van der Waals surface area contributed by atoms with Crippen molar-refractivity contribution in [2.24, 2.45) is 0 Å². The lowest BCUT2D eigenvalue weighted by Crippen LogP contribution is -1.95.